The van der Waals surface area contributed by atoms with Gasteiger partial charge >= 0.3 is 0 Å². The van der Waals surface area contributed by atoms with Gasteiger partial charge in [-0.05, 0) is 27.7 Å². The van der Waals surface area contributed by atoms with Gasteiger partial charge in [0.15, 0.2) is 5.78 Å². The average molecular weight is 259 g/mol. The van der Waals surface area contributed by atoms with Crippen molar-refractivity contribution in [2.24, 2.45) is 0 Å². The first-order valence-electron chi connectivity index (χ1n) is 6.32. The van der Waals surface area contributed by atoms with E-state index in [1.807, 2.05) is 32.0 Å². The predicted molar refractivity (Wildman–Crippen MR) is 72.7 cm³/mol. The zero-order chi connectivity index (χ0) is 14.3. The standard InChI is InChI=1S/C15H19N2O2/c1-14(2)13(16-15(3,4)17(14)19)10-12(18)11-8-6-5-7-9-11/h5-10,16H,1-4H3/b13-10-. The molecule has 101 valence electrons. The van der Waals surface area contributed by atoms with E-state index in [0.717, 1.165) is 5.06 Å². The molecule has 1 heterocycles. The average Bonchev–Trinajstić information content (AvgIpc) is 2.51. The molecule has 1 radical (unpaired) electrons. The van der Waals surface area contributed by atoms with Gasteiger partial charge in [0.1, 0.15) is 5.66 Å². The highest BCUT2D eigenvalue weighted by atomic mass is 16.5. The van der Waals surface area contributed by atoms with Gasteiger partial charge in [-0.1, -0.05) is 30.3 Å². The van der Waals surface area contributed by atoms with Crippen molar-refractivity contribution in [2.45, 2.75) is 38.9 Å². The van der Waals surface area contributed by atoms with Crippen LogP contribution in [0.1, 0.15) is 38.1 Å². The number of ketones is 1. The monoisotopic (exact) mass is 259 g/mol. The van der Waals surface area contributed by atoms with Gasteiger partial charge in [0.05, 0.1) is 5.54 Å². The molecule has 19 heavy (non-hydrogen) atoms. The largest absolute Gasteiger partial charge is 0.367 e. The zero-order valence-electron chi connectivity index (χ0n) is 11.7. The van der Waals surface area contributed by atoms with Gasteiger partial charge in [-0.25, -0.2) is 0 Å². The van der Waals surface area contributed by atoms with Crippen LogP contribution in [0.25, 0.3) is 0 Å². The quantitative estimate of drug-likeness (QED) is 0.656. The normalized spacial score (nSPS) is 23.3. The Balaban J connectivity index is 2.32. The summed E-state index contributed by atoms with van der Waals surface area (Å²) in [7, 11) is 0. The van der Waals surface area contributed by atoms with Crippen LogP contribution in [0.5, 0.6) is 0 Å². The van der Waals surface area contributed by atoms with Crippen molar-refractivity contribution in [3.05, 3.63) is 47.7 Å². The smallest absolute Gasteiger partial charge is 0.187 e. The molecule has 1 saturated heterocycles. The summed E-state index contributed by atoms with van der Waals surface area (Å²) >= 11 is 0. The second-order valence-electron chi connectivity index (χ2n) is 5.83. The maximum Gasteiger partial charge on any atom is 0.187 e. The molecule has 1 aromatic rings. The van der Waals surface area contributed by atoms with Crippen LogP contribution in [0.2, 0.25) is 0 Å². The van der Waals surface area contributed by atoms with Gasteiger partial charge in [0.25, 0.3) is 0 Å². The number of nitrogens with one attached hydrogen (secondary N) is 1. The van der Waals surface area contributed by atoms with Crippen LogP contribution in [-0.2, 0) is 5.21 Å². The van der Waals surface area contributed by atoms with Crippen molar-refractivity contribution < 1.29 is 10.0 Å². The van der Waals surface area contributed by atoms with Crippen LogP contribution in [-0.4, -0.2) is 22.0 Å². The highest BCUT2D eigenvalue weighted by Crippen LogP contribution is 2.35. The van der Waals surface area contributed by atoms with Crippen LogP contribution in [0.15, 0.2) is 42.1 Å². The highest BCUT2D eigenvalue weighted by Gasteiger charge is 2.49. The van der Waals surface area contributed by atoms with Crippen molar-refractivity contribution in [3.8, 4) is 0 Å². The summed E-state index contributed by atoms with van der Waals surface area (Å²) in [4.78, 5) is 12.2. The molecule has 0 aromatic heterocycles. The second-order valence-corrected chi connectivity index (χ2v) is 5.83. The molecule has 1 aliphatic rings. The van der Waals surface area contributed by atoms with E-state index in [-0.39, 0.29) is 5.78 Å². The third kappa shape index (κ3) is 2.41. The number of carbonyl (C=O) groups is 1. The maximum absolute atomic E-state index is 12.2. The number of hydrogen-bond donors (Lipinski definition) is 1. The minimum absolute atomic E-state index is 0.0951. The summed E-state index contributed by atoms with van der Waals surface area (Å²) < 4.78 is 0. The van der Waals surface area contributed by atoms with Gasteiger partial charge in [0, 0.05) is 17.3 Å². The molecule has 1 fully saturated rings. The molecule has 0 saturated carbocycles. The second kappa shape index (κ2) is 4.47. The van der Waals surface area contributed by atoms with E-state index in [1.165, 1.54) is 6.08 Å². The zero-order valence-corrected chi connectivity index (χ0v) is 11.7. The van der Waals surface area contributed by atoms with Gasteiger partial charge < -0.3 is 5.32 Å². The van der Waals surface area contributed by atoms with Crippen LogP contribution in [0, 0.1) is 0 Å². The Hall–Kier alpha value is -1.65. The number of carbonyl (C=O) groups excluding carboxylic acids is 1. The topological polar surface area (TPSA) is 52.2 Å². The maximum atomic E-state index is 12.2. The highest BCUT2D eigenvalue weighted by molar-refractivity contribution is 6.05. The van der Waals surface area contributed by atoms with Crippen LogP contribution >= 0.6 is 0 Å². The van der Waals surface area contributed by atoms with Crippen molar-refractivity contribution in [3.63, 3.8) is 0 Å². The Labute approximate surface area is 113 Å². The molecule has 1 N–H and O–H groups in total. The summed E-state index contributed by atoms with van der Waals surface area (Å²) in [5.41, 5.74) is -0.156. The van der Waals surface area contributed by atoms with Crippen molar-refractivity contribution in [2.75, 3.05) is 0 Å². The Morgan fingerprint density at radius 3 is 2.21 bits per heavy atom. The molecule has 0 spiro atoms. The molecule has 0 atom stereocenters. The third-order valence-electron chi connectivity index (χ3n) is 3.45. The van der Waals surface area contributed by atoms with E-state index in [9.17, 15) is 10.0 Å². The molecule has 1 aromatic carbocycles. The van der Waals surface area contributed by atoms with Crippen LogP contribution in [0.3, 0.4) is 0 Å². The fraction of sp³-hybridized carbons (Fsp3) is 0.400. The van der Waals surface area contributed by atoms with Gasteiger partial charge in [-0.15, -0.1) is 10.3 Å². The fourth-order valence-electron chi connectivity index (χ4n) is 2.37. The number of hydroxylamine groups is 2. The van der Waals surface area contributed by atoms with E-state index in [0.29, 0.717) is 11.3 Å². The summed E-state index contributed by atoms with van der Waals surface area (Å²) in [5, 5.41) is 16.3. The lowest BCUT2D eigenvalue weighted by molar-refractivity contribution is -0.243. The number of allylic oxidation sites excluding steroid dienone is 1. The Morgan fingerprint density at radius 1 is 1.16 bits per heavy atom. The molecule has 4 nitrogen and oxygen atoms in total. The van der Waals surface area contributed by atoms with E-state index < -0.39 is 11.2 Å². The molecule has 0 unspecified atom stereocenters. The third-order valence-corrected chi connectivity index (χ3v) is 3.45. The summed E-state index contributed by atoms with van der Waals surface area (Å²) in [5.74, 6) is -0.0951. The van der Waals surface area contributed by atoms with E-state index >= 15 is 0 Å². The fourth-order valence-corrected chi connectivity index (χ4v) is 2.37. The Bertz CT molecular complexity index is 518. The molecule has 1 aliphatic heterocycles. The molecular weight excluding hydrogens is 240 g/mol. The molecule has 0 amide bonds. The Morgan fingerprint density at radius 2 is 1.74 bits per heavy atom. The predicted octanol–water partition coefficient (Wildman–Crippen LogP) is 2.52. The van der Waals surface area contributed by atoms with Crippen LogP contribution < -0.4 is 5.32 Å². The summed E-state index contributed by atoms with van der Waals surface area (Å²) in [6.07, 6.45) is 1.52. The SMILES string of the molecule is CC1(C)N/C(=C\C(=O)c2ccccc2)C(C)(C)N1[O]. The van der Waals surface area contributed by atoms with Gasteiger partial charge in [0.2, 0.25) is 0 Å². The van der Waals surface area contributed by atoms with Crippen molar-refractivity contribution in [1.29, 1.82) is 0 Å². The van der Waals surface area contributed by atoms with E-state index in [2.05, 4.69) is 5.32 Å². The first-order chi connectivity index (χ1) is 8.75. The first kappa shape index (κ1) is 13.8. The van der Waals surface area contributed by atoms with E-state index in [1.54, 1.807) is 26.0 Å². The first-order valence-corrected chi connectivity index (χ1v) is 6.32. The molecular formula is C15H19N2O2. The number of nitrogens with zero attached hydrogens (tertiary/aromatic N) is 1. The lowest BCUT2D eigenvalue weighted by atomic mass is 9.99. The molecule has 4 heteroatoms. The van der Waals surface area contributed by atoms with Crippen LogP contribution in [0.4, 0.5) is 0 Å². The van der Waals surface area contributed by atoms with Crippen molar-refractivity contribution >= 4 is 5.78 Å². The molecule has 0 aliphatic carbocycles. The molecule has 0 bridgehead atoms. The molecule has 2 rings (SSSR count). The van der Waals surface area contributed by atoms with E-state index in [4.69, 9.17) is 0 Å². The summed E-state index contributed by atoms with van der Waals surface area (Å²) in [6, 6.07) is 9.04. The van der Waals surface area contributed by atoms with Gasteiger partial charge in [-0.2, -0.15) is 0 Å². The summed E-state index contributed by atoms with van der Waals surface area (Å²) in [6.45, 7) is 7.23. The number of rotatable bonds is 2. The minimum atomic E-state index is -0.728. The number of benzene rings is 1. The minimum Gasteiger partial charge on any atom is -0.367 e. The van der Waals surface area contributed by atoms with Gasteiger partial charge in [-0.3, -0.25) is 4.79 Å². The number of hydrogen-bond acceptors (Lipinski definition) is 3. The Kier molecular flexibility index (Phi) is 3.24. The van der Waals surface area contributed by atoms with Crippen molar-refractivity contribution in [1.82, 2.24) is 10.4 Å². The lowest BCUT2D eigenvalue weighted by Gasteiger charge is -2.29. The lowest BCUT2D eigenvalue weighted by Crippen LogP contribution is -2.47.